The van der Waals surface area contributed by atoms with Gasteiger partial charge in [-0.2, -0.15) is 0 Å². The zero-order valence-electron chi connectivity index (χ0n) is 8.86. The molecule has 0 saturated heterocycles. The van der Waals surface area contributed by atoms with Crippen molar-refractivity contribution in [1.29, 1.82) is 0 Å². The molecule has 0 aliphatic carbocycles. The summed E-state index contributed by atoms with van der Waals surface area (Å²) in [6.45, 7) is 7.02. The molecule has 0 radical (unpaired) electrons. The van der Waals surface area contributed by atoms with Crippen LogP contribution in [-0.2, 0) is 0 Å². The van der Waals surface area contributed by atoms with E-state index in [-0.39, 0.29) is 5.96 Å². The van der Waals surface area contributed by atoms with Crippen molar-refractivity contribution >= 4 is 5.96 Å². The molecular formula is C8H18N4O2. The van der Waals surface area contributed by atoms with Crippen LogP contribution in [0.25, 0.3) is 0 Å². The molecule has 0 aromatic heterocycles. The maximum atomic E-state index is 9.91. The van der Waals surface area contributed by atoms with Gasteiger partial charge in [0.25, 0.3) is 5.96 Å². The van der Waals surface area contributed by atoms with Crippen molar-refractivity contribution in [3.05, 3.63) is 10.1 Å². The Balaban J connectivity index is 3.69. The van der Waals surface area contributed by atoms with Crippen LogP contribution in [-0.4, -0.2) is 17.5 Å². The second-order valence-corrected chi connectivity index (χ2v) is 3.66. The van der Waals surface area contributed by atoms with E-state index in [4.69, 9.17) is 5.73 Å². The highest BCUT2D eigenvalue weighted by Gasteiger charge is 2.06. The first-order valence-corrected chi connectivity index (χ1v) is 4.65. The van der Waals surface area contributed by atoms with E-state index in [0.29, 0.717) is 18.4 Å². The zero-order chi connectivity index (χ0) is 11.1. The van der Waals surface area contributed by atoms with Crippen LogP contribution in [0.2, 0.25) is 0 Å². The summed E-state index contributed by atoms with van der Waals surface area (Å²) in [7, 11) is 0. The fourth-order valence-electron chi connectivity index (χ4n) is 0.885. The van der Waals surface area contributed by atoms with Crippen LogP contribution in [0.15, 0.2) is 5.10 Å². The number of nitrogens with one attached hydrogen (secondary N) is 1. The minimum atomic E-state index is -0.811. The van der Waals surface area contributed by atoms with Gasteiger partial charge in [-0.25, -0.2) is 10.1 Å². The summed E-state index contributed by atoms with van der Waals surface area (Å²) in [5.74, 6) is 1.03. The highest BCUT2D eigenvalue weighted by molar-refractivity contribution is 5.76. The molecule has 14 heavy (non-hydrogen) atoms. The smallest absolute Gasteiger partial charge is 0.266 e. The monoisotopic (exact) mass is 202 g/mol. The maximum absolute atomic E-state index is 9.91. The quantitative estimate of drug-likeness (QED) is 0.298. The molecule has 0 amide bonds. The highest BCUT2D eigenvalue weighted by atomic mass is 16.7. The van der Waals surface area contributed by atoms with Crippen molar-refractivity contribution in [3.63, 3.8) is 0 Å². The molecule has 6 nitrogen and oxygen atoms in total. The highest BCUT2D eigenvalue weighted by Crippen LogP contribution is 2.12. The van der Waals surface area contributed by atoms with E-state index in [1.165, 1.54) is 0 Å². The van der Waals surface area contributed by atoms with E-state index in [0.717, 1.165) is 6.42 Å². The Bertz CT molecular complexity index is 215. The molecule has 0 aliphatic heterocycles. The fourth-order valence-corrected chi connectivity index (χ4v) is 0.885. The molecule has 0 aromatic rings. The Kier molecular flexibility index (Phi) is 5.59. The Morgan fingerprint density at radius 2 is 2.14 bits per heavy atom. The third-order valence-corrected chi connectivity index (χ3v) is 2.23. The van der Waals surface area contributed by atoms with Crippen molar-refractivity contribution in [2.45, 2.75) is 27.2 Å². The summed E-state index contributed by atoms with van der Waals surface area (Å²) in [5, 5.41) is 14.7. The lowest BCUT2D eigenvalue weighted by atomic mass is 9.95. The van der Waals surface area contributed by atoms with Gasteiger partial charge in [0, 0.05) is 6.54 Å². The number of guanidine groups is 1. The number of rotatable bonds is 5. The van der Waals surface area contributed by atoms with E-state index in [9.17, 15) is 10.1 Å². The normalized spacial score (nSPS) is 14.1. The molecule has 0 unspecified atom stereocenters. The maximum Gasteiger partial charge on any atom is 0.266 e. The lowest BCUT2D eigenvalue weighted by Crippen LogP contribution is -2.34. The summed E-state index contributed by atoms with van der Waals surface area (Å²) >= 11 is 0. The number of nitrogens with two attached hydrogens (primary N) is 1. The van der Waals surface area contributed by atoms with E-state index in [1.54, 1.807) is 0 Å². The third kappa shape index (κ3) is 6.22. The SMILES string of the molecule is CC(C)[C@H](C)CCN/C(N)=N/[N+](=O)[O-]. The van der Waals surface area contributed by atoms with Gasteiger partial charge in [0.2, 0.25) is 0 Å². The van der Waals surface area contributed by atoms with Gasteiger partial charge in [0.15, 0.2) is 5.03 Å². The number of hydrogen-bond acceptors (Lipinski definition) is 2. The van der Waals surface area contributed by atoms with Gasteiger partial charge >= 0.3 is 0 Å². The lowest BCUT2D eigenvalue weighted by molar-refractivity contribution is -0.485. The Morgan fingerprint density at radius 1 is 1.57 bits per heavy atom. The summed E-state index contributed by atoms with van der Waals surface area (Å²) in [4.78, 5) is 9.91. The lowest BCUT2D eigenvalue weighted by Gasteiger charge is -2.14. The Labute approximate surface area is 83.7 Å². The topological polar surface area (TPSA) is 93.5 Å². The van der Waals surface area contributed by atoms with Crippen molar-refractivity contribution in [3.8, 4) is 0 Å². The molecular weight excluding hydrogens is 184 g/mol. The largest absolute Gasteiger partial charge is 0.365 e. The van der Waals surface area contributed by atoms with E-state index >= 15 is 0 Å². The van der Waals surface area contributed by atoms with Crippen molar-refractivity contribution in [1.82, 2.24) is 5.32 Å². The molecule has 0 fully saturated rings. The summed E-state index contributed by atoms with van der Waals surface area (Å²) in [5.41, 5.74) is 5.23. The van der Waals surface area contributed by atoms with Crippen molar-refractivity contribution in [2.75, 3.05) is 6.54 Å². The first-order chi connectivity index (χ1) is 6.43. The molecule has 3 N–H and O–H groups in total. The molecule has 0 aromatic carbocycles. The van der Waals surface area contributed by atoms with Crippen molar-refractivity contribution in [2.24, 2.45) is 22.7 Å². The number of nitrogens with zero attached hydrogens (tertiary/aromatic N) is 2. The second kappa shape index (κ2) is 6.17. The van der Waals surface area contributed by atoms with Crippen LogP contribution in [0.5, 0.6) is 0 Å². The van der Waals surface area contributed by atoms with Gasteiger partial charge in [0.05, 0.1) is 0 Å². The second-order valence-electron chi connectivity index (χ2n) is 3.66. The van der Waals surface area contributed by atoms with Crippen LogP contribution in [0.3, 0.4) is 0 Å². The first-order valence-electron chi connectivity index (χ1n) is 4.65. The predicted octanol–water partition coefficient (Wildman–Crippen LogP) is 0.765. The average Bonchev–Trinajstić information content (AvgIpc) is 2.02. The molecule has 6 heteroatoms. The molecule has 0 saturated carbocycles. The summed E-state index contributed by atoms with van der Waals surface area (Å²) in [6, 6.07) is 0. The molecule has 0 rings (SSSR count). The fraction of sp³-hybridized carbons (Fsp3) is 0.875. The molecule has 1 atom stereocenters. The minimum absolute atomic E-state index is 0.133. The van der Waals surface area contributed by atoms with Gasteiger partial charge < -0.3 is 11.1 Å². The molecule has 82 valence electrons. The predicted molar refractivity (Wildman–Crippen MR) is 55.2 cm³/mol. The van der Waals surface area contributed by atoms with Crippen LogP contribution in [0.1, 0.15) is 27.2 Å². The Hall–Kier alpha value is -1.33. The summed E-state index contributed by atoms with van der Waals surface area (Å²) < 4.78 is 0. The van der Waals surface area contributed by atoms with Gasteiger partial charge in [-0.1, -0.05) is 20.8 Å². The first kappa shape index (κ1) is 12.7. The standard InChI is InChI=1S/C8H18N4O2/c1-6(2)7(3)4-5-10-8(9)11-12(13)14/h6-7H,4-5H2,1-3H3,(H3,9,10,11)/t7-/m1/s1. The van der Waals surface area contributed by atoms with Crippen LogP contribution in [0, 0.1) is 22.0 Å². The van der Waals surface area contributed by atoms with E-state index in [2.05, 4.69) is 31.2 Å². The van der Waals surface area contributed by atoms with Gasteiger partial charge in [-0.3, -0.25) is 0 Å². The molecule has 0 aliphatic rings. The van der Waals surface area contributed by atoms with Crippen molar-refractivity contribution < 1.29 is 5.03 Å². The van der Waals surface area contributed by atoms with Crippen LogP contribution < -0.4 is 11.1 Å². The van der Waals surface area contributed by atoms with Gasteiger partial charge in [-0.15, -0.1) is 0 Å². The van der Waals surface area contributed by atoms with Gasteiger partial charge in [-0.05, 0) is 18.3 Å². The molecule has 0 bridgehead atoms. The molecule has 0 spiro atoms. The van der Waals surface area contributed by atoms with Crippen LogP contribution >= 0.6 is 0 Å². The summed E-state index contributed by atoms with van der Waals surface area (Å²) in [6.07, 6.45) is 0.922. The number of hydrazone groups is 1. The number of nitro groups is 1. The average molecular weight is 202 g/mol. The minimum Gasteiger partial charge on any atom is -0.365 e. The van der Waals surface area contributed by atoms with Crippen LogP contribution in [0.4, 0.5) is 0 Å². The van der Waals surface area contributed by atoms with Gasteiger partial charge in [0.1, 0.15) is 5.10 Å². The Morgan fingerprint density at radius 3 is 2.57 bits per heavy atom. The van der Waals surface area contributed by atoms with E-state index < -0.39 is 5.03 Å². The number of hydrogen-bond donors (Lipinski definition) is 2. The molecule has 0 heterocycles. The third-order valence-electron chi connectivity index (χ3n) is 2.23. The zero-order valence-corrected chi connectivity index (χ0v) is 8.86. The van der Waals surface area contributed by atoms with E-state index in [1.807, 2.05) is 0 Å².